The molecule has 0 saturated carbocycles. The summed E-state index contributed by atoms with van der Waals surface area (Å²) in [5.41, 5.74) is 0. The van der Waals surface area contributed by atoms with Crippen molar-refractivity contribution in [2.24, 2.45) is 5.92 Å². The van der Waals surface area contributed by atoms with Gasteiger partial charge in [-0.3, -0.25) is 0 Å². The first kappa shape index (κ1) is 14.2. The highest BCUT2D eigenvalue weighted by atomic mass is 19.4. The zero-order valence-corrected chi connectivity index (χ0v) is 8.32. The number of nitrogens with one attached hydrogen (secondary N) is 1. The standard InChI is InChI=1S/C9H10F3NO3/c1-16-8(15)3-5-13-4-2-7(6-14)9(10,11)12/h2-7,13H,1H3. The molecule has 0 saturated heterocycles. The Labute approximate surface area is 89.8 Å². The molecule has 0 aromatic heterocycles. The van der Waals surface area contributed by atoms with Crippen molar-refractivity contribution in [3.05, 3.63) is 24.6 Å². The molecule has 0 aliphatic rings. The van der Waals surface area contributed by atoms with Crippen molar-refractivity contribution in [3.8, 4) is 0 Å². The molecule has 16 heavy (non-hydrogen) atoms. The maximum absolute atomic E-state index is 12.0. The van der Waals surface area contributed by atoms with Crippen LogP contribution < -0.4 is 5.32 Å². The van der Waals surface area contributed by atoms with E-state index in [2.05, 4.69) is 10.1 Å². The molecule has 0 heterocycles. The highest BCUT2D eigenvalue weighted by Crippen LogP contribution is 2.25. The first-order valence-electron chi connectivity index (χ1n) is 4.11. The third-order valence-corrected chi connectivity index (χ3v) is 1.44. The Morgan fingerprint density at radius 3 is 2.44 bits per heavy atom. The van der Waals surface area contributed by atoms with Crippen LogP contribution in [0.3, 0.4) is 0 Å². The van der Waals surface area contributed by atoms with Crippen molar-refractivity contribution in [2.45, 2.75) is 6.18 Å². The fourth-order valence-electron chi connectivity index (χ4n) is 0.631. The SMILES string of the molecule is COC(=O)C=CNC=CC(C=O)C(F)(F)F. The van der Waals surface area contributed by atoms with Crippen molar-refractivity contribution in [1.29, 1.82) is 0 Å². The molecule has 7 heteroatoms. The van der Waals surface area contributed by atoms with Crippen LogP contribution in [0.15, 0.2) is 24.6 Å². The zero-order chi connectivity index (χ0) is 12.6. The van der Waals surface area contributed by atoms with Gasteiger partial charge in [-0.1, -0.05) is 0 Å². The number of esters is 1. The third-order valence-electron chi connectivity index (χ3n) is 1.44. The number of hydrogen-bond acceptors (Lipinski definition) is 4. The van der Waals surface area contributed by atoms with E-state index in [1.54, 1.807) is 0 Å². The van der Waals surface area contributed by atoms with Gasteiger partial charge < -0.3 is 14.8 Å². The van der Waals surface area contributed by atoms with E-state index in [0.29, 0.717) is 6.08 Å². The van der Waals surface area contributed by atoms with Gasteiger partial charge in [0.2, 0.25) is 0 Å². The summed E-state index contributed by atoms with van der Waals surface area (Å²) in [5.74, 6) is -2.81. The molecule has 1 atom stereocenters. The Morgan fingerprint density at radius 2 is 2.00 bits per heavy atom. The molecule has 0 amide bonds. The summed E-state index contributed by atoms with van der Waals surface area (Å²) >= 11 is 0. The van der Waals surface area contributed by atoms with Crippen LogP contribution in [0, 0.1) is 5.92 Å². The van der Waals surface area contributed by atoms with Gasteiger partial charge in [-0.15, -0.1) is 0 Å². The molecule has 0 aliphatic carbocycles. The quantitative estimate of drug-likeness (QED) is 0.443. The molecule has 0 aromatic rings. The monoisotopic (exact) mass is 237 g/mol. The molecule has 0 fully saturated rings. The lowest BCUT2D eigenvalue weighted by Gasteiger charge is -2.08. The predicted octanol–water partition coefficient (Wildman–Crippen LogP) is 1.15. The van der Waals surface area contributed by atoms with E-state index < -0.39 is 18.1 Å². The van der Waals surface area contributed by atoms with Crippen LogP contribution in [0.2, 0.25) is 0 Å². The lowest BCUT2D eigenvalue weighted by atomic mass is 10.1. The van der Waals surface area contributed by atoms with E-state index in [1.807, 2.05) is 0 Å². The number of ether oxygens (including phenoxy) is 1. The van der Waals surface area contributed by atoms with Gasteiger partial charge in [0.25, 0.3) is 0 Å². The van der Waals surface area contributed by atoms with E-state index in [0.717, 1.165) is 25.6 Å². The molecule has 0 radical (unpaired) electrons. The van der Waals surface area contributed by atoms with Gasteiger partial charge in [0.1, 0.15) is 12.2 Å². The first-order valence-corrected chi connectivity index (χ1v) is 4.11. The normalized spacial score (nSPS) is 14.0. The Morgan fingerprint density at radius 1 is 1.38 bits per heavy atom. The second kappa shape index (κ2) is 6.65. The zero-order valence-electron chi connectivity index (χ0n) is 8.32. The molecule has 0 bridgehead atoms. The van der Waals surface area contributed by atoms with Crippen molar-refractivity contribution < 1.29 is 27.5 Å². The lowest BCUT2D eigenvalue weighted by molar-refractivity contribution is -0.163. The number of allylic oxidation sites excluding steroid dienone is 1. The number of rotatable bonds is 5. The minimum atomic E-state index is -4.61. The maximum Gasteiger partial charge on any atom is 0.401 e. The van der Waals surface area contributed by atoms with Crippen LogP contribution in [0.5, 0.6) is 0 Å². The number of carbonyl (C=O) groups excluding carboxylic acids is 2. The minimum Gasteiger partial charge on any atom is -0.466 e. The lowest BCUT2D eigenvalue weighted by Crippen LogP contribution is -2.22. The number of alkyl halides is 3. The van der Waals surface area contributed by atoms with Crippen LogP contribution in [-0.2, 0) is 14.3 Å². The summed E-state index contributed by atoms with van der Waals surface area (Å²) in [5, 5.41) is 2.27. The molecule has 0 rings (SSSR count). The molecular formula is C9H10F3NO3. The van der Waals surface area contributed by atoms with Crippen LogP contribution in [-0.4, -0.2) is 25.5 Å². The molecule has 1 N–H and O–H groups in total. The number of methoxy groups -OCH3 is 1. The highest BCUT2D eigenvalue weighted by molar-refractivity contribution is 5.81. The van der Waals surface area contributed by atoms with Gasteiger partial charge in [-0.2, -0.15) is 13.2 Å². The molecule has 1 unspecified atom stereocenters. The van der Waals surface area contributed by atoms with Crippen molar-refractivity contribution in [2.75, 3.05) is 7.11 Å². The van der Waals surface area contributed by atoms with Gasteiger partial charge in [0.15, 0.2) is 0 Å². The van der Waals surface area contributed by atoms with Crippen LogP contribution >= 0.6 is 0 Å². The van der Waals surface area contributed by atoms with Gasteiger partial charge in [0, 0.05) is 12.3 Å². The predicted molar refractivity (Wildman–Crippen MR) is 49.0 cm³/mol. The van der Waals surface area contributed by atoms with Gasteiger partial charge >= 0.3 is 12.1 Å². The topological polar surface area (TPSA) is 55.4 Å². The number of carbonyl (C=O) groups is 2. The van der Waals surface area contributed by atoms with E-state index in [-0.39, 0.29) is 6.29 Å². The average molecular weight is 237 g/mol. The summed E-state index contributed by atoms with van der Waals surface area (Å²) in [6.45, 7) is 0. The molecule has 0 aromatic carbocycles. The first-order chi connectivity index (χ1) is 7.41. The van der Waals surface area contributed by atoms with Crippen molar-refractivity contribution in [1.82, 2.24) is 5.32 Å². The summed E-state index contributed by atoms with van der Waals surface area (Å²) in [6.07, 6.45) is -1.22. The number of aldehydes is 1. The molecule has 0 aliphatic heterocycles. The summed E-state index contributed by atoms with van der Waals surface area (Å²) in [6, 6.07) is 0. The molecule has 0 spiro atoms. The van der Waals surface area contributed by atoms with Gasteiger partial charge in [-0.05, 0) is 12.3 Å². The van der Waals surface area contributed by atoms with Crippen LogP contribution in [0.4, 0.5) is 13.2 Å². The van der Waals surface area contributed by atoms with E-state index >= 15 is 0 Å². The highest BCUT2D eigenvalue weighted by Gasteiger charge is 2.37. The van der Waals surface area contributed by atoms with E-state index in [4.69, 9.17) is 0 Å². The molecule has 90 valence electrons. The Kier molecular flexibility index (Phi) is 5.91. The number of hydrogen-bond donors (Lipinski definition) is 1. The van der Waals surface area contributed by atoms with Crippen molar-refractivity contribution >= 4 is 12.3 Å². The second-order valence-electron chi connectivity index (χ2n) is 2.59. The van der Waals surface area contributed by atoms with E-state index in [9.17, 15) is 22.8 Å². The van der Waals surface area contributed by atoms with Crippen molar-refractivity contribution in [3.63, 3.8) is 0 Å². The second-order valence-corrected chi connectivity index (χ2v) is 2.59. The minimum absolute atomic E-state index is 0.220. The van der Waals surface area contributed by atoms with Gasteiger partial charge in [0.05, 0.1) is 7.11 Å². The number of halogens is 3. The fourth-order valence-corrected chi connectivity index (χ4v) is 0.631. The smallest absolute Gasteiger partial charge is 0.401 e. The van der Waals surface area contributed by atoms with E-state index in [1.165, 1.54) is 0 Å². The fraction of sp³-hybridized carbons (Fsp3) is 0.333. The van der Waals surface area contributed by atoms with Crippen LogP contribution in [0.1, 0.15) is 0 Å². The Balaban J connectivity index is 4.14. The largest absolute Gasteiger partial charge is 0.466 e. The molecule has 4 nitrogen and oxygen atoms in total. The average Bonchev–Trinajstić information content (AvgIpc) is 2.20. The Hall–Kier alpha value is -1.79. The summed E-state index contributed by atoms with van der Waals surface area (Å²) in [4.78, 5) is 20.6. The third kappa shape index (κ3) is 5.84. The summed E-state index contributed by atoms with van der Waals surface area (Å²) in [7, 11) is 1.16. The van der Waals surface area contributed by atoms with Crippen LogP contribution in [0.25, 0.3) is 0 Å². The Bertz CT molecular complexity index is 297. The maximum atomic E-state index is 12.0. The molecular weight excluding hydrogens is 227 g/mol. The van der Waals surface area contributed by atoms with Gasteiger partial charge in [-0.25, -0.2) is 4.79 Å². The summed E-state index contributed by atoms with van der Waals surface area (Å²) < 4.78 is 40.3.